The molecule has 1 aromatic heterocycles. The van der Waals surface area contributed by atoms with Crippen molar-refractivity contribution in [2.24, 2.45) is 0 Å². The first-order chi connectivity index (χ1) is 7.70. The van der Waals surface area contributed by atoms with Crippen LogP contribution in [0.4, 0.5) is 0 Å². The highest BCUT2D eigenvalue weighted by molar-refractivity contribution is 9.10. The van der Waals surface area contributed by atoms with Gasteiger partial charge in [-0.25, -0.2) is 0 Å². The third kappa shape index (κ3) is 2.25. The molecule has 1 heterocycles. The molecule has 1 aromatic carbocycles. The summed E-state index contributed by atoms with van der Waals surface area (Å²) in [5.74, 6) is 0. The summed E-state index contributed by atoms with van der Waals surface area (Å²) in [5.41, 5.74) is 1.56. The van der Waals surface area contributed by atoms with Gasteiger partial charge in [-0.05, 0) is 17.7 Å². The molecular formula is C11H11BrN2O2. The first-order valence-electron chi connectivity index (χ1n) is 4.87. The number of aliphatic hydroxyl groups is 1. The molecule has 0 amide bonds. The summed E-state index contributed by atoms with van der Waals surface area (Å²) in [5, 5.41) is 11.7. The molecule has 0 aliphatic heterocycles. The van der Waals surface area contributed by atoms with Gasteiger partial charge in [-0.2, -0.15) is 0 Å². The van der Waals surface area contributed by atoms with Crippen LogP contribution >= 0.6 is 15.9 Å². The minimum absolute atomic E-state index is 0.0554. The van der Waals surface area contributed by atoms with Crippen molar-refractivity contribution in [3.63, 3.8) is 0 Å². The van der Waals surface area contributed by atoms with Gasteiger partial charge in [-0.1, -0.05) is 28.1 Å². The van der Waals surface area contributed by atoms with Crippen molar-refractivity contribution in [3.05, 3.63) is 45.2 Å². The number of H-pyrrole nitrogens is 1. The molecule has 0 saturated carbocycles. The molecule has 0 spiro atoms. The highest BCUT2D eigenvalue weighted by atomic mass is 79.9. The van der Waals surface area contributed by atoms with Gasteiger partial charge in [0, 0.05) is 10.5 Å². The van der Waals surface area contributed by atoms with Gasteiger partial charge in [-0.3, -0.25) is 14.6 Å². The number of rotatable bonds is 3. The molecule has 16 heavy (non-hydrogen) atoms. The second kappa shape index (κ2) is 4.67. The second-order valence-corrected chi connectivity index (χ2v) is 4.31. The lowest BCUT2D eigenvalue weighted by Gasteiger charge is -1.99. The van der Waals surface area contributed by atoms with Crippen LogP contribution in [0.15, 0.2) is 39.6 Å². The van der Waals surface area contributed by atoms with E-state index in [1.54, 1.807) is 0 Å². The number of benzene rings is 1. The highest BCUT2D eigenvalue weighted by Crippen LogP contribution is 2.18. The lowest BCUT2D eigenvalue weighted by Crippen LogP contribution is -2.17. The Hall–Kier alpha value is -1.33. The maximum absolute atomic E-state index is 11.5. The molecule has 4 nitrogen and oxygen atoms in total. The van der Waals surface area contributed by atoms with E-state index >= 15 is 0 Å². The molecule has 0 bridgehead atoms. The Kier molecular flexibility index (Phi) is 3.26. The number of nitrogens with one attached hydrogen (secondary N) is 1. The van der Waals surface area contributed by atoms with Gasteiger partial charge in [0.05, 0.1) is 18.8 Å². The molecule has 0 fully saturated rings. The van der Waals surface area contributed by atoms with Gasteiger partial charge < -0.3 is 5.11 Å². The molecule has 0 atom stereocenters. The number of hydrogen-bond acceptors (Lipinski definition) is 2. The van der Waals surface area contributed by atoms with Crippen molar-refractivity contribution in [2.75, 3.05) is 6.61 Å². The van der Waals surface area contributed by atoms with E-state index in [9.17, 15) is 4.79 Å². The average Bonchev–Trinajstić information content (AvgIpc) is 2.62. The Morgan fingerprint density at radius 2 is 2.00 bits per heavy atom. The zero-order valence-electron chi connectivity index (χ0n) is 8.48. The maximum Gasteiger partial charge on any atom is 0.267 e. The molecule has 2 rings (SSSR count). The molecule has 5 heteroatoms. The highest BCUT2D eigenvalue weighted by Gasteiger charge is 2.04. The Bertz CT molecular complexity index is 528. The van der Waals surface area contributed by atoms with Crippen LogP contribution in [0.5, 0.6) is 0 Å². The lowest BCUT2D eigenvalue weighted by molar-refractivity contribution is 0.267. The smallest absolute Gasteiger partial charge is 0.267 e. The topological polar surface area (TPSA) is 58.0 Å². The van der Waals surface area contributed by atoms with Gasteiger partial charge in [0.2, 0.25) is 0 Å². The number of aromatic amines is 1. The number of aliphatic hydroxyl groups excluding tert-OH is 1. The summed E-state index contributed by atoms with van der Waals surface area (Å²) < 4.78 is 2.38. The van der Waals surface area contributed by atoms with E-state index in [2.05, 4.69) is 21.0 Å². The number of aromatic nitrogens is 2. The first kappa shape index (κ1) is 11.2. The number of hydrogen-bond donors (Lipinski definition) is 2. The monoisotopic (exact) mass is 282 g/mol. The van der Waals surface area contributed by atoms with Crippen LogP contribution in [0, 0.1) is 0 Å². The van der Waals surface area contributed by atoms with Crippen molar-refractivity contribution >= 4 is 15.9 Å². The molecular weight excluding hydrogens is 272 g/mol. The normalized spacial score (nSPS) is 10.6. The third-order valence-electron chi connectivity index (χ3n) is 2.27. The Morgan fingerprint density at radius 1 is 1.31 bits per heavy atom. The summed E-state index contributed by atoms with van der Waals surface area (Å²) in [4.78, 5) is 11.5. The average molecular weight is 283 g/mol. The minimum atomic E-state index is -0.132. The lowest BCUT2D eigenvalue weighted by atomic mass is 10.2. The van der Waals surface area contributed by atoms with E-state index in [4.69, 9.17) is 5.11 Å². The van der Waals surface area contributed by atoms with E-state index in [1.807, 2.05) is 24.3 Å². The zero-order valence-corrected chi connectivity index (χ0v) is 10.1. The molecule has 2 aromatic rings. The minimum Gasteiger partial charge on any atom is -0.394 e. The molecule has 0 aliphatic carbocycles. The maximum atomic E-state index is 11.5. The molecule has 0 radical (unpaired) electrons. The van der Waals surface area contributed by atoms with Gasteiger partial charge in [0.15, 0.2) is 0 Å². The van der Waals surface area contributed by atoms with E-state index in [0.717, 1.165) is 15.7 Å². The van der Waals surface area contributed by atoms with Crippen molar-refractivity contribution < 1.29 is 5.11 Å². The van der Waals surface area contributed by atoms with Gasteiger partial charge in [-0.15, -0.1) is 0 Å². The molecule has 84 valence electrons. The fourth-order valence-electron chi connectivity index (χ4n) is 1.48. The van der Waals surface area contributed by atoms with Crippen LogP contribution in [-0.2, 0) is 6.54 Å². The van der Waals surface area contributed by atoms with Crippen molar-refractivity contribution in [1.29, 1.82) is 0 Å². The van der Waals surface area contributed by atoms with E-state index in [1.165, 1.54) is 10.7 Å². The van der Waals surface area contributed by atoms with Crippen LogP contribution in [0.25, 0.3) is 11.3 Å². The quantitative estimate of drug-likeness (QED) is 0.899. The van der Waals surface area contributed by atoms with Crippen LogP contribution in [0.2, 0.25) is 0 Å². The Balaban J connectivity index is 2.37. The van der Waals surface area contributed by atoms with Crippen molar-refractivity contribution in [3.8, 4) is 11.3 Å². The third-order valence-corrected chi connectivity index (χ3v) is 2.80. The summed E-state index contributed by atoms with van der Waals surface area (Å²) in [6.45, 7) is 0.232. The number of halogens is 1. The van der Waals surface area contributed by atoms with Gasteiger partial charge in [0.25, 0.3) is 5.56 Å². The SMILES string of the molecule is O=c1cc(-c2ccc(Br)cc2)[nH]n1CCO. The van der Waals surface area contributed by atoms with E-state index < -0.39 is 0 Å². The predicted octanol–water partition coefficient (Wildman–Crippen LogP) is 1.60. The standard InChI is InChI=1S/C11H11BrN2O2/c12-9-3-1-8(2-4-9)10-7-11(16)14(13-10)5-6-15/h1-4,7,13,15H,5-6H2. The van der Waals surface area contributed by atoms with E-state index in [-0.39, 0.29) is 18.7 Å². The Labute approximate surface area is 101 Å². The molecule has 2 N–H and O–H groups in total. The van der Waals surface area contributed by atoms with Crippen LogP contribution in [0.3, 0.4) is 0 Å². The van der Waals surface area contributed by atoms with E-state index in [0.29, 0.717) is 0 Å². The molecule has 0 unspecified atom stereocenters. The zero-order chi connectivity index (χ0) is 11.5. The largest absolute Gasteiger partial charge is 0.394 e. The van der Waals surface area contributed by atoms with Crippen molar-refractivity contribution in [1.82, 2.24) is 9.78 Å². The van der Waals surface area contributed by atoms with Crippen LogP contribution in [0.1, 0.15) is 0 Å². The Morgan fingerprint density at radius 3 is 2.62 bits per heavy atom. The molecule has 0 aliphatic rings. The summed E-state index contributed by atoms with van der Waals surface area (Å²) >= 11 is 3.35. The molecule has 0 saturated heterocycles. The van der Waals surface area contributed by atoms with Crippen LogP contribution in [-0.4, -0.2) is 21.5 Å². The first-order valence-corrected chi connectivity index (χ1v) is 5.66. The van der Waals surface area contributed by atoms with Crippen LogP contribution < -0.4 is 5.56 Å². The summed E-state index contributed by atoms with van der Waals surface area (Å²) in [6.07, 6.45) is 0. The summed E-state index contributed by atoms with van der Waals surface area (Å²) in [7, 11) is 0. The van der Waals surface area contributed by atoms with Crippen molar-refractivity contribution in [2.45, 2.75) is 6.54 Å². The fourth-order valence-corrected chi connectivity index (χ4v) is 1.74. The predicted molar refractivity (Wildman–Crippen MR) is 65.3 cm³/mol. The number of nitrogens with zero attached hydrogens (tertiary/aromatic N) is 1. The van der Waals surface area contributed by atoms with Gasteiger partial charge >= 0.3 is 0 Å². The van der Waals surface area contributed by atoms with Gasteiger partial charge in [0.1, 0.15) is 0 Å². The second-order valence-electron chi connectivity index (χ2n) is 3.39. The summed E-state index contributed by atoms with van der Waals surface area (Å²) in [6, 6.07) is 9.18. The fraction of sp³-hybridized carbons (Fsp3) is 0.182.